The molecule has 0 radical (unpaired) electrons. The lowest BCUT2D eigenvalue weighted by Gasteiger charge is -2.27. The molecule has 0 spiro atoms. The molecule has 1 aliphatic carbocycles. The van der Waals surface area contributed by atoms with Gasteiger partial charge < -0.3 is 16.8 Å². The first-order valence-corrected chi connectivity index (χ1v) is 5.38. The summed E-state index contributed by atoms with van der Waals surface area (Å²) in [5.41, 5.74) is 10.7. The van der Waals surface area contributed by atoms with E-state index < -0.39 is 6.17 Å². The van der Waals surface area contributed by atoms with Gasteiger partial charge in [0.1, 0.15) is 0 Å². The van der Waals surface area contributed by atoms with Crippen LogP contribution in [0, 0.1) is 5.92 Å². The molecular weight excluding hydrogens is 178 g/mol. The van der Waals surface area contributed by atoms with Gasteiger partial charge in [0.05, 0.1) is 12.6 Å². The molecule has 4 heteroatoms. The Kier molecular flexibility index (Phi) is 4.35. The molecule has 0 aliphatic heterocycles. The van der Waals surface area contributed by atoms with E-state index in [-0.39, 0.29) is 12.3 Å². The fourth-order valence-electron chi connectivity index (χ4n) is 1.91. The van der Waals surface area contributed by atoms with Crippen molar-refractivity contribution in [3.05, 3.63) is 0 Å². The number of hydrogen-bond acceptors (Lipinski definition) is 3. The fraction of sp³-hybridized carbons (Fsp3) is 0.900. The zero-order valence-corrected chi connectivity index (χ0v) is 8.83. The van der Waals surface area contributed by atoms with E-state index in [4.69, 9.17) is 11.5 Å². The average molecular weight is 199 g/mol. The molecule has 4 nitrogen and oxygen atoms in total. The number of carbonyl (C=O) groups is 1. The van der Waals surface area contributed by atoms with Crippen molar-refractivity contribution in [1.29, 1.82) is 0 Å². The number of nitrogens with one attached hydrogen (secondary N) is 1. The van der Waals surface area contributed by atoms with Gasteiger partial charge in [0.15, 0.2) is 0 Å². The molecule has 0 saturated heterocycles. The topological polar surface area (TPSA) is 81.1 Å². The maximum Gasteiger partial charge on any atom is 0.223 e. The van der Waals surface area contributed by atoms with E-state index in [1.807, 2.05) is 0 Å². The minimum Gasteiger partial charge on any atom is -0.353 e. The van der Waals surface area contributed by atoms with Crippen molar-refractivity contribution in [1.82, 2.24) is 5.32 Å². The average Bonchev–Trinajstić information content (AvgIpc) is 2.07. The summed E-state index contributed by atoms with van der Waals surface area (Å²) in [6.07, 6.45) is 4.29. The van der Waals surface area contributed by atoms with Crippen molar-refractivity contribution in [2.24, 2.45) is 17.4 Å². The monoisotopic (exact) mass is 199 g/mol. The van der Waals surface area contributed by atoms with Gasteiger partial charge in [-0.05, 0) is 31.6 Å². The van der Waals surface area contributed by atoms with Gasteiger partial charge in [0, 0.05) is 6.04 Å². The van der Waals surface area contributed by atoms with Gasteiger partial charge in [-0.2, -0.15) is 0 Å². The third-order valence-electron chi connectivity index (χ3n) is 2.80. The van der Waals surface area contributed by atoms with Crippen LogP contribution in [-0.4, -0.2) is 18.1 Å². The molecule has 0 bridgehead atoms. The van der Waals surface area contributed by atoms with Crippen molar-refractivity contribution >= 4 is 5.91 Å². The Morgan fingerprint density at radius 2 is 1.93 bits per heavy atom. The van der Waals surface area contributed by atoms with Crippen LogP contribution in [0.15, 0.2) is 0 Å². The Morgan fingerprint density at radius 3 is 2.43 bits per heavy atom. The van der Waals surface area contributed by atoms with Gasteiger partial charge in [-0.15, -0.1) is 0 Å². The summed E-state index contributed by atoms with van der Waals surface area (Å²) >= 11 is 0. The van der Waals surface area contributed by atoms with Gasteiger partial charge in [-0.1, -0.05) is 6.92 Å². The Morgan fingerprint density at radius 1 is 1.36 bits per heavy atom. The molecule has 0 aromatic heterocycles. The summed E-state index contributed by atoms with van der Waals surface area (Å²) in [5.74, 6) is 0.791. The quantitative estimate of drug-likeness (QED) is 0.572. The summed E-state index contributed by atoms with van der Waals surface area (Å²) < 4.78 is 0. The van der Waals surface area contributed by atoms with E-state index in [1.54, 1.807) is 0 Å². The van der Waals surface area contributed by atoms with Crippen LogP contribution in [0.25, 0.3) is 0 Å². The molecule has 1 saturated carbocycles. The highest BCUT2D eigenvalue weighted by Crippen LogP contribution is 2.23. The molecule has 1 fully saturated rings. The first-order chi connectivity index (χ1) is 6.58. The maximum atomic E-state index is 11.3. The van der Waals surface area contributed by atoms with Crippen LogP contribution in [0.1, 0.15) is 39.0 Å². The van der Waals surface area contributed by atoms with Crippen molar-refractivity contribution in [2.75, 3.05) is 0 Å². The Labute approximate surface area is 85.4 Å². The molecule has 82 valence electrons. The van der Waals surface area contributed by atoms with Crippen LogP contribution in [0.2, 0.25) is 0 Å². The van der Waals surface area contributed by atoms with Gasteiger partial charge in [-0.3, -0.25) is 4.79 Å². The molecule has 0 aromatic rings. The van der Waals surface area contributed by atoms with E-state index in [0.29, 0.717) is 6.04 Å². The molecule has 0 atom stereocenters. The SMILES string of the molecule is CC1CCC(NC(=O)CC(N)N)CC1. The molecule has 1 rings (SSSR count). The zero-order valence-electron chi connectivity index (χ0n) is 8.83. The fourth-order valence-corrected chi connectivity index (χ4v) is 1.91. The zero-order chi connectivity index (χ0) is 10.6. The third-order valence-corrected chi connectivity index (χ3v) is 2.80. The second-order valence-corrected chi connectivity index (χ2v) is 4.39. The van der Waals surface area contributed by atoms with Crippen LogP contribution >= 0.6 is 0 Å². The lowest BCUT2D eigenvalue weighted by atomic mass is 9.87. The molecule has 1 amide bonds. The third kappa shape index (κ3) is 4.07. The first kappa shape index (κ1) is 11.5. The summed E-state index contributed by atoms with van der Waals surface area (Å²) in [6.45, 7) is 2.26. The maximum absolute atomic E-state index is 11.3. The molecule has 0 unspecified atom stereocenters. The van der Waals surface area contributed by atoms with E-state index in [1.165, 1.54) is 12.8 Å². The second-order valence-electron chi connectivity index (χ2n) is 4.39. The van der Waals surface area contributed by atoms with Crippen molar-refractivity contribution in [3.8, 4) is 0 Å². The van der Waals surface area contributed by atoms with Gasteiger partial charge in [0.25, 0.3) is 0 Å². The Balaban J connectivity index is 2.20. The Bertz CT molecular complexity index is 186. The molecular formula is C10H21N3O. The summed E-state index contributed by atoms with van der Waals surface area (Å²) in [7, 11) is 0. The smallest absolute Gasteiger partial charge is 0.223 e. The molecule has 5 N–H and O–H groups in total. The number of amides is 1. The summed E-state index contributed by atoms with van der Waals surface area (Å²) in [5, 5.41) is 2.97. The second kappa shape index (κ2) is 5.32. The highest BCUT2D eigenvalue weighted by molar-refractivity contribution is 5.76. The lowest BCUT2D eigenvalue weighted by molar-refractivity contribution is -0.122. The number of carbonyl (C=O) groups excluding carboxylic acids is 1. The lowest BCUT2D eigenvalue weighted by Crippen LogP contribution is -2.42. The van der Waals surface area contributed by atoms with Crippen molar-refractivity contribution < 1.29 is 4.79 Å². The predicted octanol–water partition coefficient (Wildman–Crippen LogP) is 0.315. The van der Waals surface area contributed by atoms with Crippen LogP contribution in [0.4, 0.5) is 0 Å². The molecule has 14 heavy (non-hydrogen) atoms. The highest BCUT2D eigenvalue weighted by atomic mass is 16.1. The van der Waals surface area contributed by atoms with Crippen LogP contribution < -0.4 is 16.8 Å². The van der Waals surface area contributed by atoms with E-state index in [0.717, 1.165) is 18.8 Å². The minimum atomic E-state index is -0.530. The van der Waals surface area contributed by atoms with Crippen molar-refractivity contribution in [2.45, 2.75) is 51.2 Å². The van der Waals surface area contributed by atoms with Crippen LogP contribution in [-0.2, 0) is 4.79 Å². The van der Waals surface area contributed by atoms with Crippen molar-refractivity contribution in [3.63, 3.8) is 0 Å². The summed E-state index contributed by atoms with van der Waals surface area (Å²) in [6, 6.07) is 0.345. The molecule has 0 heterocycles. The normalized spacial score (nSPS) is 27.7. The standard InChI is InChI=1S/C10H21N3O/c1-7-2-4-8(5-3-7)13-10(14)6-9(11)12/h7-9H,2-6,11-12H2,1H3,(H,13,14). The minimum absolute atomic E-state index is 0.0143. The van der Waals surface area contributed by atoms with Crippen LogP contribution in [0.5, 0.6) is 0 Å². The molecule has 1 aliphatic rings. The van der Waals surface area contributed by atoms with E-state index >= 15 is 0 Å². The largest absolute Gasteiger partial charge is 0.353 e. The van der Waals surface area contributed by atoms with E-state index in [9.17, 15) is 4.79 Å². The highest BCUT2D eigenvalue weighted by Gasteiger charge is 2.19. The first-order valence-electron chi connectivity index (χ1n) is 5.38. The Hall–Kier alpha value is -0.610. The van der Waals surface area contributed by atoms with Gasteiger partial charge in [-0.25, -0.2) is 0 Å². The number of rotatable bonds is 3. The van der Waals surface area contributed by atoms with Crippen LogP contribution in [0.3, 0.4) is 0 Å². The molecule has 0 aromatic carbocycles. The number of hydrogen-bond donors (Lipinski definition) is 3. The predicted molar refractivity (Wildman–Crippen MR) is 56.3 cm³/mol. The van der Waals surface area contributed by atoms with Gasteiger partial charge >= 0.3 is 0 Å². The summed E-state index contributed by atoms with van der Waals surface area (Å²) in [4.78, 5) is 11.3. The number of nitrogens with two attached hydrogens (primary N) is 2. The van der Waals surface area contributed by atoms with E-state index in [2.05, 4.69) is 12.2 Å². The van der Waals surface area contributed by atoms with Gasteiger partial charge in [0.2, 0.25) is 5.91 Å².